The fourth-order valence-electron chi connectivity index (χ4n) is 2.84. The van der Waals surface area contributed by atoms with Crippen LogP contribution in [0.25, 0.3) is 0 Å². The summed E-state index contributed by atoms with van der Waals surface area (Å²) in [5.74, 6) is 1.38. The van der Waals surface area contributed by atoms with Crippen LogP contribution in [0.3, 0.4) is 0 Å². The van der Waals surface area contributed by atoms with Crippen molar-refractivity contribution in [2.75, 3.05) is 33.4 Å². The summed E-state index contributed by atoms with van der Waals surface area (Å²) in [7, 11) is 1.76. The molecule has 1 aliphatic heterocycles. The summed E-state index contributed by atoms with van der Waals surface area (Å²) in [5.41, 5.74) is 0.615. The molecule has 1 amide bonds. The molecule has 0 saturated carbocycles. The van der Waals surface area contributed by atoms with Crippen molar-refractivity contribution in [3.8, 4) is 11.5 Å². The van der Waals surface area contributed by atoms with Crippen LogP contribution in [-0.2, 0) is 4.74 Å². The third-order valence-electron chi connectivity index (χ3n) is 4.40. The molecule has 2 aromatic carbocycles. The standard InChI is InChI=1S/C21H24ClNO4/c1-23(11-13-26-19-5-2-4-17(22)14-19)21(24)16-7-9-18(10-8-16)27-15-20-6-3-12-25-20/h2,4-5,7-10,14,20H,3,6,11-13,15H2,1H3. The Labute approximate surface area is 164 Å². The van der Waals surface area contributed by atoms with Crippen molar-refractivity contribution in [1.82, 2.24) is 4.90 Å². The molecule has 0 radical (unpaired) electrons. The first-order valence-electron chi connectivity index (χ1n) is 9.10. The first kappa shape index (κ1) is 19.5. The van der Waals surface area contributed by atoms with Crippen molar-refractivity contribution in [3.05, 3.63) is 59.1 Å². The maximum Gasteiger partial charge on any atom is 0.253 e. The lowest BCUT2D eigenvalue weighted by Gasteiger charge is -2.18. The number of hydrogen-bond acceptors (Lipinski definition) is 4. The van der Waals surface area contributed by atoms with Crippen molar-refractivity contribution in [1.29, 1.82) is 0 Å². The molecule has 2 aromatic rings. The Morgan fingerprint density at radius 2 is 2.00 bits per heavy atom. The SMILES string of the molecule is CN(CCOc1cccc(Cl)c1)C(=O)c1ccc(OCC2CCCO2)cc1. The van der Waals surface area contributed by atoms with Crippen LogP contribution in [0.1, 0.15) is 23.2 Å². The Hall–Kier alpha value is -2.24. The fourth-order valence-corrected chi connectivity index (χ4v) is 3.02. The average Bonchev–Trinajstić information content (AvgIpc) is 3.20. The number of benzene rings is 2. The summed E-state index contributed by atoms with van der Waals surface area (Å²) in [6.07, 6.45) is 2.31. The number of amides is 1. The van der Waals surface area contributed by atoms with Gasteiger partial charge in [0.15, 0.2) is 0 Å². The maximum absolute atomic E-state index is 12.5. The van der Waals surface area contributed by atoms with Gasteiger partial charge in [0.1, 0.15) is 24.7 Å². The number of rotatable bonds is 8. The monoisotopic (exact) mass is 389 g/mol. The molecule has 27 heavy (non-hydrogen) atoms. The smallest absolute Gasteiger partial charge is 0.253 e. The van der Waals surface area contributed by atoms with Crippen molar-refractivity contribution in [2.24, 2.45) is 0 Å². The van der Waals surface area contributed by atoms with E-state index in [1.165, 1.54) is 0 Å². The van der Waals surface area contributed by atoms with Crippen molar-refractivity contribution < 1.29 is 19.0 Å². The third-order valence-corrected chi connectivity index (χ3v) is 4.63. The zero-order chi connectivity index (χ0) is 19.1. The lowest BCUT2D eigenvalue weighted by molar-refractivity contribution is 0.0679. The molecule has 1 fully saturated rings. The van der Waals surface area contributed by atoms with Gasteiger partial charge in [0.05, 0.1) is 12.6 Å². The van der Waals surface area contributed by atoms with Gasteiger partial charge in [0.2, 0.25) is 0 Å². The van der Waals surface area contributed by atoms with E-state index >= 15 is 0 Å². The van der Waals surface area contributed by atoms with Crippen molar-refractivity contribution in [2.45, 2.75) is 18.9 Å². The topological polar surface area (TPSA) is 48.0 Å². The largest absolute Gasteiger partial charge is 0.492 e. The number of hydrogen-bond donors (Lipinski definition) is 0. The predicted molar refractivity (Wildman–Crippen MR) is 105 cm³/mol. The van der Waals surface area contributed by atoms with E-state index in [0.29, 0.717) is 36.1 Å². The summed E-state index contributed by atoms with van der Waals surface area (Å²) >= 11 is 5.93. The molecular formula is C21H24ClNO4. The molecule has 0 spiro atoms. The summed E-state index contributed by atoms with van der Waals surface area (Å²) in [6.45, 7) is 2.23. The minimum absolute atomic E-state index is 0.0598. The lowest BCUT2D eigenvalue weighted by Crippen LogP contribution is -2.30. The van der Waals surface area contributed by atoms with Crippen LogP contribution >= 0.6 is 11.6 Å². The minimum Gasteiger partial charge on any atom is -0.492 e. The molecule has 0 aromatic heterocycles. The van der Waals surface area contributed by atoms with Gasteiger partial charge in [0.25, 0.3) is 5.91 Å². The normalized spacial score (nSPS) is 16.1. The molecule has 1 aliphatic rings. The van der Waals surface area contributed by atoms with Gasteiger partial charge in [-0.1, -0.05) is 17.7 Å². The first-order valence-corrected chi connectivity index (χ1v) is 9.48. The van der Waals surface area contributed by atoms with E-state index in [1.807, 2.05) is 24.3 Å². The molecule has 1 unspecified atom stereocenters. The Bertz CT molecular complexity index is 744. The summed E-state index contributed by atoms with van der Waals surface area (Å²) in [6, 6.07) is 14.4. The van der Waals surface area contributed by atoms with Crippen LogP contribution in [-0.4, -0.2) is 50.3 Å². The Kier molecular flexibility index (Phi) is 6.96. The van der Waals surface area contributed by atoms with Gasteiger partial charge < -0.3 is 19.1 Å². The highest BCUT2D eigenvalue weighted by Gasteiger charge is 2.16. The van der Waals surface area contributed by atoms with Gasteiger partial charge in [-0.15, -0.1) is 0 Å². The van der Waals surface area contributed by atoms with E-state index in [0.717, 1.165) is 25.2 Å². The van der Waals surface area contributed by atoms with Gasteiger partial charge in [-0.05, 0) is 55.3 Å². The van der Waals surface area contributed by atoms with E-state index in [9.17, 15) is 4.79 Å². The van der Waals surface area contributed by atoms with E-state index in [-0.39, 0.29) is 12.0 Å². The van der Waals surface area contributed by atoms with Gasteiger partial charge in [-0.3, -0.25) is 4.79 Å². The van der Waals surface area contributed by atoms with Crippen LogP contribution in [0.4, 0.5) is 0 Å². The predicted octanol–water partition coefficient (Wildman–Crippen LogP) is 4.05. The minimum atomic E-state index is -0.0598. The van der Waals surface area contributed by atoms with Crippen LogP contribution in [0.5, 0.6) is 11.5 Å². The number of ether oxygens (including phenoxy) is 3. The van der Waals surface area contributed by atoms with Gasteiger partial charge in [0, 0.05) is 24.2 Å². The molecule has 0 bridgehead atoms. The zero-order valence-corrected chi connectivity index (χ0v) is 16.2. The van der Waals surface area contributed by atoms with Crippen LogP contribution in [0.2, 0.25) is 5.02 Å². The van der Waals surface area contributed by atoms with Crippen LogP contribution in [0.15, 0.2) is 48.5 Å². The zero-order valence-electron chi connectivity index (χ0n) is 15.4. The van der Waals surface area contributed by atoms with Crippen LogP contribution in [0, 0.1) is 0 Å². The highest BCUT2D eigenvalue weighted by atomic mass is 35.5. The Morgan fingerprint density at radius 3 is 2.70 bits per heavy atom. The molecule has 1 atom stereocenters. The van der Waals surface area contributed by atoms with Crippen molar-refractivity contribution >= 4 is 17.5 Å². The Morgan fingerprint density at radius 1 is 1.19 bits per heavy atom. The van der Waals surface area contributed by atoms with Crippen LogP contribution < -0.4 is 9.47 Å². The van der Waals surface area contributed by atoms with Crippen molar-refractivity contribution in [3.63, 3.8) is 0 Å². The highest BCUT2D eigenvalue weighted by molar-refractivity contribution is 6.30. The lowest BCUT2D eigenvalue weighted by atomic mass is 10.2. The van der Waals surface area contributed by atoms with Gasteiger partial charge in [-0.25, -0.2) is 0 Å². The average molecular weight is 390 g/mol. The number of halogens is 1. The summed E-state index contributed by atoms with van der Waals surface area (Å²) < 4.78 is 16.9. The summed E-state index contributed by atoms with van der Waals surface area (Å²) in [4.78, 5) is 14.1. The molecule has 5 nitrogen and oxygen atoms in total. The first-order chi connectivity index (χ1) is 13.1. The fraction of sp³-hybridized carbons (Fsp3) is 0.381. The quantitative estimate of drug-likeness (QED) is 0.683. The molecular weight excluding hydrogens is 366 g/mol. The second-order valence-electron chi connectivity index (χ2n) is 6.50. The van der Waals surface area contributed by atoms with E-state index < -0.39 is 0 Å². The molecule has 3 rings (SSSR count). The number of carbonyl (C=O) groups is 1. The van der Waals surface area contributed by atoms with E-state index in [1.54, 1.807) is 36.2 Å². The second kappa shape index (κ2) is 9.62. The van der Waals surface area contributed by atoms with E-state index in [2.05, 4.69) is 0 Å². The van der Waals surface area contributed by atoms with Gasteiger partial charge in [-0.2, -0.15) is 0 Å². The maximum atomic E-state index is 12.5. The molecule has 6 heteroatoms. The molecule has 1 saturated heterocycles. The molecule has 1 heterocycles. The summed E-state index contributed by atoms with van der Waals surface area (Å²) in [5, 5.41) is 0.624. The molecule has 0 aliphatic carbocycles. The second-order valence-corrected chi connectivity index (χ2v) is 6.94. The van der Waals surface area contributed by atoms with E-state index in [4.69, 9.17) is 25.8 Å². The number of likely N-dealkylation sites (N-methyl/N-ethyl adjacent to an activating group) is 1. The van der Waals surface area contributed by atoms with Gasteiger partial charge >= 0.3 is 0 Å². The number of nitrogens with zero attached hydrogens (tertiary/aromatic N) is 1. The molecule has 0 N–H and O–H groups in total. The third kappa shape index (κ3) is 5.88. The highest BCUT2D eigenvalue weighted by Crippen LogP contribution is 2.18. The Balaban J connectivity index is 1.44. The number of carbonyl (C=O) groups excluding carboxylic acids is 1. The molecule has 144 valence electrons.